The summed E-state index contributed by atoms with van der Waals surface area (Å²) in [6.45, 7) is 6.73. The smallest absolute Gasteiger partial charge is 0.341 e. The zero-order valence-corrected chi connectivity index (χ0v) is 17.4. The molecule has 0 spiro atoms. The maximum atomic E-state index is 12.6. The molecule has 0 amide bonds. The molecule has 0 aliphatic heterocycles. The summed E-state index contributed by atoms with van der Waals surface area (Å²) in [6.07, 6.45) is 7.16. The van der Waals surface area contributed by atoms with Crippen LogP contribution in [-0.4, -0.2) is 30.6 Å². The lowest BCUT2D eigenvalue weighted by molar-refractivity contribution is -0.179. The fourth-order valence-corrected chi connectivity index (χ4v) is 3.82. The summed E-state index contributed by atoms with van der Waals surface area (Å²) < 4.78 is 10.3. The second kappa shape index (κ2) is 9.53. The fourth-order valence-electron chi connectivity index (χ4n) is 3.82. The van der Waals surface area contributed by atoms with E-state index in [1.807, 2.05) is 0 Å². The number of carbonyl (C=O) groups is 3. The molecule has 2 N–H and O–H groups in total. The number of carbonyl (C=O) groups excluding carboxylic acids is 3. The molecule has 1 rings (SSSR count). The molecule has 0 aromatic carbocycles. The van der Waals surface area contributed by atoms with Crippen LogP contribution in [0.25, 0.3) is 0 Å². The molecule has 0 bridgehead atoms. The van der Waals surface area contributed by atoms with Crippen molar-refractivity contribution in [3.63, 3.8) is 0 Å². The van der Waals surface area contributed by atoms with Gasteiger partial charge in [-0.15, -0.1) is 0 Å². The lowest BCUT2D eigenvalue weighted by Crippen LogP contribution is -2.43. The Hall–Kier alpha value is -1.63. The van der Waals surface area contributed by atoms with Crippen molar-refractivity contribution >= 4 is 17.9 Å². The van der Waals surface area contributed by atoms with Crippen molar-refractivity contribution in [1.82, 2.24) is 0 Å². The van der Waals surface area contributed by atoms with Gasteiger partial charge < -0.3 is 14.3 Å². The summed E-state index contributed by atoms with van der Waals surface area (Å²) in [7, 11) is 1.40. The van der Waals surface area contributed by atoms with Crippen LogP contribution in [0.3, 0.4) is 0 Å². The maximum Gasteiger partial charge on any atom is 0.341 e. The molecule has 0 radical (unpaired) electrons. The van der Waals surface area contributed by atoms with Crippen molar-refractivity contribution in [2.45, 2.75) is 91.1 Å². The van der Waals surface area contributed by atoms with Crippen molar-refractivity contribution < 1.29 is 28.7 Å². The second-order valence-electron chi connectivity index (χ2n) is 8.91. The lowest BCUT2D eigenvalue weighted by atomic mass is 9.68. The van der Waals surface area contributed by atoms with Gasteiger partial charge in [-0.05, 0) is 58.8 Å². The zero-order valence-electron chi connectivity index (χ0n) is 17.4. The van der Waals surface area contributed by atoms with Crippen LogP contribution in [0.15, 0.2) is 0 Å². The summed E-state index contributed by atoms with van der Waals surface area (Å²) in [6, 6.07) is 0. The number of methoxy groups -OCH3 is 1. The molecule has 1 saturated carbocycles. The van der Waals surface area contributed by atoms with Gasteiger partial charge in [0.25, 0.3) is 0 Å². The SMILES string of the molecule is COC(=O)CC1(CCCC(C)(C(=O)ON)C(=O)OC(C)(C)C)CCCCC1. The van der Waals surface area contributed by atoms with Crippen LogP contribution in [0.4, 0.5) is 0 Å². The first-order valence-corrected chi connectivity index (χ1v) is 9.69. The minimum Gasteiger partial charge on any atom is -0.469 e. The summed E-state index contributed by atoms with van der Waals surface area (Å²) in [5.41, 5.74) is -2.32. The van der Waals surface area contributed by atoms with Crippen LogP contribution in [-0.2, 0) is 28.7 Å². The van der Waals surface area contributed by atoms with E-state index in [2.05, 4.69) is 4.84 Å². The first-order chi connectivity index (χ1) is 12.5. The Balaban J connectivity index is 2.85. The quantitative estimate of drug-likeness (QED) is 0.387. The first kappa shape index (κ1) is 23.4. The van der Waals surface area contributed by atoms with Gasteiger partial charge in [-0.25, -0.2) is 4.79 Å². The Kier molecular flexibility index (Phi) is 8.26. The van der Waals surface area contributed by atoms with Gasteiger partial charge >= 0.3 is 17.9 Å². The van der Waals surface area contributed by atoms with E-state index < -0.39 is 23.0 Å². The van der Waals surface area contributed by atoms with Crippen LogP contribution in [0, 0.1) is 10.8 Å². The van der Waals surface area contributed by atoms with E-state index in [9.17, 15) is 14.4 Å². The molecule has 1 aliphatic carbocycles. The van der Waals surface area contributed by atoms with E-state index in [1.165, 1.54) is 14.0 Å². The maximum absolute atomic E-state index is 12.6. The molecular formula is C20H35NO6. The largest absolute Gasteiger partial charge is 0.469 e. The molecule has 1 unspecified atom stereocenters. The highest BCUT2D eigenvalue weighted by Gasteiger charge is 2.46. The Labute approximate surface area is 162 Å². The van der Waals surface area contributed by atoms with Crippen LogP contribution >= 0.6 is 0 Å². The third-order valence-corrected chi connectivity index (χ3v) is 5.45. The van der Waals surface area contributed by atoms with Crippen LogP contribution in [0.2, 0.25) is 0 Å². The minimum absolute atomic E-state index is 0.132. The van der Waals surface area contributed by atoms with Gasteiger partial charge in [0.15, 0.2) is 5.41 Å². The fraction of sp³-hybridized carbons (Fsp3) is 0.850. The molecule has 1 fully saturated rings. The summed E-state index contributed by atoms with van der Waals surface area (Å²) in [5, 5.41) is 0. The topological polar surface area (TPSA) is 105 Å². The highest BCUT2D eigenvalue weighted by molar-refractivity contribution is 5.99. The van der Waals surface area contributed by atoms with Gasteiger partial charge in [0.05, 0.1) is 13.5 Å². The molecule has 0 saturated heterocycles. The number of hydrogen-bond acceptors (Lipinski definition) is 7. The van der Waals surface area contributed by atoms with E-state index >= 15 is 0 Å². The predicted octanol–water partition coefficient (Wildman–Crippen LogP) is 3.44. The number of nitrogens with two attached hydrogens (primary N) is 1. The first-order valence-electron chi connectivity index (χ1n) is 9.69. The zero-order chi connectivity index (χ0) is 20.7. The molecule has 27 heavy (non-hydrogen) atoms. The third kappa shape index (κ3) is 6.79. The average molecular weight is 386 g/mol. The minimum atomic E-state index is -1.47. The van der Waals surface area contributed by atoms with Gasteiger partial charge in [-0.3, -0.25) is 9.59 Å². The predicted molar refractivity (Wildman–Crippen MR) is 100 cm³/mol. The Morgan fingerprint density at radius 1 is 1.00 bits per heavy atom. The van der Waals surface area contributed by atoms with Gasteiger partial charge in [-0.2, -0.15) is 5.90 Å². The van der Waals surface area contributed by atoms with Gasteiger partial charge in [0, 0.05) is 0 Å². The van der Waals surface area contributed by atoms with Crippen molar-refractivity contribution in [1.29, 1.82) is 0 Å². The van der Waals surface area contributed by atoms with Crippen molar-refractivity contribution in [2.24, 2.45) is 16.7 Å². The van der Waals surface area contributed by atoms with Crippen LogP contribution in [0.1, 0.15) is 85.5 Å². The molecule has 7 nitrogen and oxygen atoms in total. The van der Waals surface area contributed by atoms with Gasteiger partial charge in [-0.1, -0.05) is 25.7 Å². The highest BCUT2D eigenvalue weighted by atomic mass is 16.7. The number of hydrogen-bond donors (Lipinski definition) is 1. The van der Waals surface area contributed by atoms with E-state index in [0.29, 0.717) is 12.8 Å². The molecular weight excluding hydrogens is 350 g/mol. The summed E-state index contributed by atoms with van der Waals surface area (Å²) in [5.74, 6) is 3.41. The van der Waals surface area contributed by atoms with Gasteiger partial charge in [0.1, 0.15) is 5.60 Å². The number of rotatable bonds is 8. The van der Waals surface area contributed by atoms with Crippen LogP contribution < -0.4 is 5.90 Å². The van der Waals surface area contributed by atoms with Crippen molar-refractivity contribution in [3.8, 4) is 0 Å². The van der Waals surface area contributed by atoms with E-state index in [4.69, 9.17) is 15.4 Å². The van der Waals surface area contributed by atoms with E-state index in [0.717, 1.165) is 38.5 Å². The molecule has 1 aliphatic rings. The molecule has 7 heteroatoms. The van der Waals surface area contributed by atoms with Crippen molar-refractivity contribution in [2.75, 3.05) is 7.11 Å². The summed E-state index contributed by atoms with van der Waals surface area (Å²) >= 11 is 0. The normalized spacial score (nSPS) is 18.9. The van der Waals surface area contributed by atoms with E-state index in [1.54, 1.807) is 20.8 Å². The van der Waals surface area contributed by atoms with E-state index in [-0.39, 0.29) is 17.8 Å². The molecule has 156 valence electrons. The third-order valence-electron chi connectivity index (χ3n) is 5.45. The van der Waals surface area contributed by atoms with Gasteiger partial charge in [0.2, 0.25) is 0 Å². The Bertz CT molecular complexity index is 533. The number of esters is 2. The average Bonchev–Trinajstić information content (AvgIpc) is 2.59. The Morgan fingerprint density at radius 3 is 2.07 bits per heavy atom. The summed E-state index contributed by atoms with van der Waals surface area (Å²) in [4.78, 5) is 41.1. The molecule has 0 aromatic heterocycles. The molecule has 0 aromatic rings. The Morgan fingerprint density at radius 2 is 1.59 bits per heavy atom. The van der Waals surface area contributed by atoms with Crippen LogP contribution in [0.5, 0.6) is 0 Å². The molecule has 1 atom stereocenters. The molecule has 0 heterocycles. The van der Waals surface area contributed by atoms with Crippen molar-refractivity contribution in [3.05, 3.63) is 0 Å². The standard InChI is InChI=1S/C20H35NO6/c1-18(2,3)26-16(23)19(4,17(24)27-21)10-9-13-20(14-15(22)25-5)11-7-6-8-12-20/h6-14,21H2,1-5H3. The number of ether oxygens (including phenoxy) is 2. The monoisotopic (exact) mass is 385 g/mol. The second-order valence-corrected chi connectivity index (χ2v) is 8.91. The lowest BCUT2D eigenvalue weighted by Gasteiger charge is -2.37. The highest BCUT2D eigenvalue weighted by Crippen LogP contribution is 2.44.